The first kappa shape index (κ1) is 13.7. The van der Waals surface area contributed by atoms with Crippen LogP contribution in [0.1, 0.15) is 16.5 Å². The van der Waals surface area contributed by atoms with Crippen LogP contribution in [0.25, 0.3) is 0 Å². The molecule has 0 aliphatic carbocycles. The Labute approximate surface area is 120 Å². The number of rotatable bonds is 3. The van der Waals surface area contributed by atoms with Crippen molar-refractivity contribution < 1.29 is 4.39 Å². The normalized spacial score (nSPS) is 12.4. The van der Waals surface area contributed by atoms with Crippen LogP contribution < -0.4 is 0 Å². The van der Waals surface area contributed by atoms with Crippen LogP contribution in [-0.2, 0) is 6.42 Å². The second-order valence-electron chi connectivity index (χ2n) is 3.98. The van der Waals surface area contributed by atoms with E-state index in [0.29, 0.717) is 11.4 Å². The summed E-state index contributed by atoms with van der Waals surface area (Å²) >= 11 is 17.9. The average Bonchev–Trinajstić information content (AvgIpc) is 2.32. The van der Waals surface area contributed by atoms with E-state index in [1.807, 2.05) is 24.3 Å². The number of halogens is 4. The minimum atomic E-state index is -0.438. The third-order valence-corrected chi connectivity index (χ3v) is 3.54. The number of hydrogen-bond donors (Lipinski definition) is 0. The van der Waals surface area contributed by atoms with Gasteiger partial charge in [0.2, 0.25) is 0 Å². The molecule has 1 atom stereocenters. The first-order valence-corrected chi connectivity index (χ1v) is 6.59. The van der Waals surface area contributed by atoms with Crippen molar-refractivity contribution in [1.82, 2.24) is 0 Å². The molecule has 0 aliphatic rings. The molecule has 0 aromatic heterocycles. The van der Waals surface area contributed by atoms with E-state index >= 15 is 0 Å². The molecule has 0 aliphatic heterocycles. The zero-order valence-electron chi connectivity index (χ0n) is 9.34. The van der Waals surface area contributed by atoms with Gasteiger partial charge in [-0.1, -0.05) is 41.4 Å². The van der Waals surface area contributed by atoms with Gasteiger partial charge < -0.3 is 0 Å². The van der Waals surface area contributed by atoms with Crippen LogP contribution in [0.2, 0.25) is 10.0 Å². The largest absolute Gasteiger partial charge is 0.205 e. The SMILES string of the molecule is Fc1ccc(C(Cl)Cc2cccc(Cl)c2)cc1Cl. The number of benzene rings is 2. The lowest BCUT2D eigenvalue weighted by atomic mass is 10.0. The minimum Gasteiger partial charge on any atom is -0.205 e. The zero-order valence-corrected chi connectivity index (χ0v) is 11.6. The molecule has 0 radical (unpaired) electrons. The summed E-state index contributed by atoms with van der Waals surface area (Å²) in [5.41, 5.74) is 1.82. The molecule has 0 nitrogen and oxygen atoms in total. The Kier molecular flexibility index (Phi) is 4.50. The second-order valence-corrected chi connectivity index (χ2v) is 5.35. The van der Waals surface area contributed by atoms with Gasteiger partial charge in [0.1, 0.15) is 5.82 Å². The molecule has 0 saturated carbocycles. The van der Waals surface area contributed by atoms with Crippen molar-refractivity contribution in [3.63, 3.8) is 0 Å². The standard InChI is InChI=1S/C14H10Cl3F/c15-11-3-1-2-9(6-11)7-12(16)10-4-5-14(18)13(17)8-10/h1-6,8,12H,7H2. The lowest BCUT2D eigenvalue weighted by Crippen LogP contribution is -1.96. The molecule has 0 fully saturated rings. The Hall–Kier alpha value is -0.760. The first-order chi connectivity index (χ1) is 8.56. The summed E-state index contributed by atoms with van der Waals surface area (Å²) in [7, 11) is 0. The fourth-order valence-corrected chi connectivity index (χ4v) is 2.41. The molecule has 0 saturated heterocycles. The summed E-state index contributed by atoms with van der Waals surface area (Å²) in [4.78, 5) is 0. The molecular weight excluding hydrogens is 294 g/mol. The Balaban J connectivity index is 2.16. The van der Waals surface area contributed by atoms with E-state index in [4.69, 9.17) is 34.8 Å². The van der Waals surface area contributed by atoms with Crippen molar-refractivity contribution >= 4 is 34.8 Å². The Morgan fingerprint density at radius 3 is 2.50 bits per heavy atom. The first-order valence-electron chi connectivity index (χ1n) is 5.40. The molecule has 0 spiro atoms. The maximum Gasteiger partial charge on any atom is 0.141 e. The predicted molar refractivity (Wildman–Crippen MR) is 75.2 cm³/mol. The van der Waals surface area contributed by atoms with E-state index in [0.717, 1.165) is 11.1 Å². The molecule has 0 amide bonds. The van der Waals surface area contributed by atoms with E-state index in [-0.39, 0.29) is 10.4 Å². The van der Waals surface area contributed by atoms with Crippen LogP contribution in [0.5, 0.6) is 0 Å². The lowest BCUT2D eigenvalue weighted by molar-refractivity contribution is 0.627. The van der Waals surface area contributed by atoms with E-state index in [9.17, 15) is 4.39 Å². The Bertz CT molecular complexity index is 554. The zero-order chi connectivity index (χ0) is 13.1. The van der Waals surface area contributed by atoms with Crippen molar-refractivity contribution in [3.05, 3.63) is 69.5 Å². The van der Waals surface area contributed by atoms with Crippen molar-refractivity contribution in [2.45, 2.75) is 11.8 Å². The molecule has 0 N–H and O–H groups in total. The van der Waals surface area contributed by atoms with Crippen molar-refractivity contribution in [1.29, 1.82) is 0 Å². The predicted octanol–water partition coefficient (Wildman–Crippen LogP) is 5.66. The van der Waals surface area contributed by atoms with Gasteiger partial charge in [0.05, 0.1) is 10.4 Å². The molecule has 4 heteroatoms. The Morgan fingerprint density at radius 2 is 1.83 bits per heavy atom. The second kappa shape index (κ2) is 5.92. The average molecular weight is 304 g/mol. The smallest absolute Gasteiger partial charge is 0.141 e. The maximum absolute atomic E-state index is 13.0. The monoisotopic (exact) mass is 302 g/mol. The molecule has 0 heterocycles. The maximum atomic E-state index is 13.0. The molecule has 94 valence electrons. The van der Waals surface area contributed by atoms with Gasteiger partial charge in [-0.05, 0) is 41.8 Å². The van der Waals surface area contributed by atoms with Gasteiger partial charge in [-0.15, -0.1) is 11.6 Å². The van der Waals surface area contributed by atoms with Crippen molar-refractivity contribution in [3.8, 4) is 0 Å². The fraction of sp³-hybridized carbons (Fsp3) is 0.143. The molecule has 18 heavy (non-hydrogen) atoms. The van der Waals surface area contributed by atoms with Crippen LogP contribution in [-0.4, -0.2) is 0 Å². The van der Waals surface area contributed by atoms with Crippen molar-refractivity contribution in [2.75, 3.05) is 0 Å². The fourth-order valence-electron chi connectivity index (χ4n) is 1.70. The van der Waals surface area contributed by atoms with Crippen LogP contribution in [0.15, 0.2) is 42.5 Å². The third kappa shape index (κ3) is 3.38. The van der Waals surface area contributed by atoms with Gasteiger partial charge in [-0.25, -0.2) is 4.39 Å². The van der Waals surface area contributed by atoms with Crippen LogP contribution >= 0.6 is 34.8 Å². The summed E-state index contributed by atoms with van der Waals surface area (Å²) in [5.74, 6) is -0.438. The number of hydrogen-bond acceptors (Lipinski definition) is 0. The summed E-state index contributed by atoms with van der Waals surface area (Å²) in [6, 6.07) is 12.0. The van der Waals surface area contributed by atoms with E-state index in [1.54, 1.807) is 12.1 Å². The van der Waals surface area contributed by atoms with Gasteiger partial charge in [0.25, 0.3) is 0 Å². The molecule has 2 aromatic rings. The third-order valence-electron chi connectivity index (χ3n) is 2.61. The van der Waals surface area contributed by atoms with E-state index < -0.39 is 5.82 Å². The van der Waals surface area contributed by atoms with Gasteiger partial charge in [-0.3, -0.25) is 0 Å². The molecule has 2 rings (SSSR count). The van der Waals surface area contributed by atoms with Crippen LogP contribution in [0.4, 0.5) is 4.39 Å². The van der Waals surface area contributed by atoms with Gasteiger partial charge in [0, 0.05) is 5.02 Å². The highest BCUT2D eigenvalue weighted by molar-refractivity contribution is 6.31. The summed E-state index contributed by atoms with van der Waals surface area (Å²) in [6.45, 7) is 0. The summed E-state index contributed by atoms with van der Waals surface area (Å²) < 4.78 is 13.0. The molecular formula is C14H10Cl3F. The van der Waals surface area contributed by atoms with E-state index in [2.05, 4.69) is 0 Å². The highest BCUT2D eigenvalue weighted by Gasteiger charge is 2.11. The summed E-state index contributed by atoms with van der Waals surface area (Å²) in [6.07, 6.45) is 0.615. The highest BCUT2D eigenvalue weighted by atomic mass is 35.5. The van der Waals surface area contributed by atoms with Gasteiger partial charge in [-0.2, -0.15) is 0 Å². The molecule has 1 unspecified atom stereocenters. The number of alkyl halides is 1. The lowest BCUT2D eigenvalue weighted by Gasteiger charge is -2.11. The highest BCUT2D eigenvalue weighted by Crippen LogP contribution is 2.28. The van der Waals surface area contributed by atoms with Crippen LogP contribution in [0, 0.1) is 5.82 Å². The quantitative estimate of drug-likeness (QED) is 0.642. The molecule has 2 aromatic carbocycles. The van der Waals surface area contributed by atoms with Gasteiger partial charge in [0.15, 0.2) is 0 Å². The van der Waals surface area contributed by atoms with Crippen molar-refractivity contribution in [2.24, 2.45) is 0 Å². The minimum absolute atomic E-state index is 0.0873. The topological polar surface area (TPSA) is 0 Å². The summed E-state index contributed by atoms with van der Waals surface area (Å²) in [5, 5.41) is 0.499. The van der Waals surface area contributed by atoms with Gasteiger partial charge >= 0.3 is 0 Å². The van der Waals surface area contributed by atoms with E-state index in [1.165, 1.54) is 6.07 Å². The Morgan fingerprint density at radius 1 is 1.06 bits per heavy atom. The van der Waals surface area contributed by atoms with Crippen LogP contribution in [0.3, 0.4) is 0 Å². The molecule has 0 bridgehead atoms.